The van der Waals surface area contributed by atoms with Crippen LogP contribution in [0.4, 0.5) is 5.69 Å². The molecule has 3 aromatic carbocycles. The summed E-state index contributed by atoms with van der Waals surface area (Å²) in [5, 5.41) is 7.10. The molecule has 4 rings (SSSR count). The molecule has 0 aliphatic carbocycles. The summed E-state index contributed by atoms with van der Waals surface area (Å²) >= 11 is 6.04. The van der Waals surface area contributed by atoms with Gasteiger partial charge in [0.25, 0.3) is 5.91 Å². The van der Waals surface area contributed by atoms with Crippen LogP contribution in [-0.4, -0.2) is 32.3 Å². The average molecular weight is 517 g/mol. The van der Waals surface area contributed by atoms with Gasteiger partial charge in [-0.15, -0.1) is 16.7 Å². The Balaban J connectivity index is 1.51. The number of nitrogens with zero attached hydrogens (tertiary/aromatic N) is 2. The van der Waals surface area contributed by atoms with E-state index < -0.39 is 11.5 Å². The first-order valence-electron chi connectivity index (χ1n) is 12.0. The van der Waals surface area contributed by atoms with E-state index in [1.165, 1.54) is 0 Å². The molecule has 0 saturated carbocycles. The zero-order chi connectivity index (χ0) is 26.7. The van der Waals surface area contributed by atoms with E-state index in [-0.39, 0.29) is 23.1 Å². The number of aromatic amines is 1. The van der Waals surface area contributed by atoms with Gasteiger partial charge >= 0.3 is 5.69 Å². The lowest BCUT2D eigenvalue weighted by molar-refractivity contribution is 0.101. The maximum Gasteiger partial charge on any atom is 0.348 e. The molecule has 37 heavy (non-hydrogen) atoms. The van der Waals surface area contributed by atoms with Crippen molar-refractivity contribution in [2.75, 3.05) is 11.2 Å². The second kappa shape index (κ2) is 10.6. The van der Waals surface area contributed by atoms with E-state index in [2.05, 4.69) is 15.4 Å². The minimum absolute atomic E-state index is 0.0583. The fraction of sp³-hybridized carbons (Fsp3) is 0.241. The summed E-state index contributed by atoms with van der Waals surface area (Å²) in [4.78, 5) is 40.9. The van der Waals surface area contributed by atoms with E-state index in [1.807, 2.05) is 58.0 Å². The summed E-state index contributed by atoms with van der Waals surface area (Å²) in [5.41, 5.74) is 3.29. The maximum atomic E-state index is 12.9. The van der Waals surface area contributed by atoms with Gasteiger partial charge in [0.1, 0.15) is 0 Å². The lowest BCUT2D eigenvalue weighted by Gasteiger charge is -2.21. The van der Waals surface area contributed by atoms with Gasteiger partial charge in [-0.25, -0.2) is 4.79 Å². The van der Waals surface area contributed by atoms with Gasteiger partial charge in [0.2, 0.25) is 11.6 Å². The van der Waals surface area contributed by atoms with Crippen molar-refractivity contribution in [3.05, 3.63) is 111 Å². The topological polar surface area (TPSA) is 96.8 Å². The lowest BCUT2D eigenvalue weighted by Crippen LogP contribution is -2.19. The van der Waals surface area contributed by atoms with Crippen LogP contribution in [0.15, 0.2) is 77.6 Å². The van der Waals surface area contributed by atoms with E-state index in [4.69, 9.17) is 11.6 Å². The predicted molar refractivity (Wildman–Crippen MR) is 146 cm³/mol. The monoisotopic (exact) mass is 516 g/mol. The molecule has 0 radical (unpaired) electrons. The fourth-order valence-electron chi connectivity index (χ4n) is 3.98. The van der Waals surface area contributed by atoms with E-state index in [0.717, 1.165) is 15.8 Å². The number of nitrogens with one attached hydrogen (secondary N) is 2. The SMILES string of the molecule is CC(C)c1ccccc1C(=O)Nc1ccc(-n2nc(C(=O)c3ccc(C(C)(C)CCl)cc3)[nH]c2=O)cc1. The normalized spacial score (nSPS) is 11.5. The van der Waals surface area contributed by atoms with Crippen molar-refractivity contribution < 1.29 is 9.59 Å². The van der Waals surface area contributed by atoms with Gasteiger partial charge in [-0.1, -0.05) is 70.2 Å². The molecule has 0 saturated heterocycles. The van der Waals surface area contributed by atoms with Gasteiger partial charge in [0.05, 0.1) is 5.69 Å². The van der Waals surface area contributed by atoms with E-state index in [1.54, 1.807) is 42.5 Å². The molecular weight excluding hydrogens is 488 g/mol. The molecular formula is C29H29ClN4O3. The molecule has 4 aromatic rings. The highest BCUT2D eigenvalue weighted by Crippen LogP contribution is 2.25. The standard InChI is InChI=1S/C29H29ClN4O3/c1-18(2)23-7-5-6-8-24(23)27(36)31-21-13-15-22(16-14-21)34-28(37)32-26(33-34)25(35)19-9-11-20(12-10-19)29(3,4)17-30/h5-16,18H,17H2,1-4H3,(H,31,36)(H,32,33,37). The van der Waals surface area contributed by atoms with Gasteiger partial charge in [-0.3, -0.25) is 14.6 Å². The molecule has 0 spiro atoms. The van der Waals surface area contributed by atoms with Crippen LogP contribution in [0.25, 0.3) is 5.69 Å². The Morgan fingerprint density at radius 1 is 1.00 bits per heavy atom. The van der Waals surface area contributed by atoms with E-state index in [9.17, 15) is 14.4 Å². The van der Waals surface area contributed by atoms with E-state index in [0.29, 0.717) is 28.4 Å². The van der Waals surface area contributed by atoms with Crippen molar-refractivity contribution in [1.29, 1.82) is 0 Å². The first-order valence-corrected chi connectivity index (χ1v) is 12.6. The van der Waals surface area contributed by atoms with Crippen LogP contribution in [0.3, 0.4) is 0 Å². The number of anilines is 1. The molecule has 8 heteroatoms. The number of rotatable bonds is 8. The number of aromatic nitrogens is 3. The Morgan fingerprint density at radius 2 is 1.65 bits per heavy atom. The molecule has 0 aliphatic heterocycles. The van der Waals surface area contributed by atoms with Crippen LogP contribution >= 0.6 is 11.6 Å². The number of amides is 1. The van der Waals surface area contributed by atoms with Crippen LogP contribution in [0.2, 0.25) is 0 Å². The molecule has 7 nitrogen and oxygen atoms in total. The fourth-order valence-corrected chi connectivity index (χ4v) is 4.13. The van der Waals surface area contributed by atoms with Crippen molar-refractivity contribution in [3.63, 3.8) is 0 Å². The zero-order valence-corrected chi connectivity index (χ0v) is 22.0. The third-order valence-electron chi connectivity index (χ3n) is 6.29. The molecule has 0 fully saturated rings. The van der Waals surface area contributed by atoms with Crippen LogP contribution < -0.4 is 11.0 Å². The quantitative estimate of drug-likeness (QED) is 0.232. The molecule has 0 unspecified atom stereocenters. The highest BCUT2D eigenvalue weighted by atomic mass is 35.5. The Bertz CT molecular complexity index is 1480. The predicted octanol–water partition coefficient (Wildman–Crippen LogP) is 5.68. The summed E-state index contributed by atoms with van der Waals surface area (Å²) in [5.74, 6) is 0.00691. The number of benzene rings is 3. The Hall–Kier alpha value is -3.97. The van der Waals surface area contributed by atoms with Crippen LogP contribution in [0.5, 0.6) is 0 Å². The number of hydrogen-bond donors (Lipinski definition) is 2. The minimum Gasteiger partial charge on any atom is -0.322 e. The number of alkyl halides is 1. The number of carbonyl (C=O) groups excluding carboxylic acids is 2. The summed E-state index contributed by atoms with van der Waals surface area (Å²) in [7, 11) is 0. The molecule has 0 aliphatic rings. The molecule has 190 valence electrons. The van der Waals surface area contributed by atoms with Gasteiger partial charge in [-0.2, -0.15) is 4.68 Å². The van der Waals surface area contributed by atoms with Gasteiger partial charge in [0.15, 0.2) is 0 Å². The molecule has 0 bridgehead atoms. The van der Waals surface area contributed by atoms with Gasteiger partial charge < -0.3 is 5.32 Å². The van der Waals surface area contributed by atoms with Gasteiger partial charge in [0, 0.05) is 28.1 Å². The zero-order valence-electron chi connectivity index (χ0n) is 21.2. The maximum absolute atomic E-state index is 12.9. The van der Waals surface area contributed by atoms with Crippen LogP contribution in [0, 0.1) is 0 Å². The first kappa shape index (κ1) is 26.1. The van der Waals surface area contributed by atoms with E-state index >= 15 is 0 Å². The Morgan fingerprint density at radius 3 is 2.27 bits per heavy atom. The third kappa shape index (κ3) is 5.57. The average Bonchev–Trinajstić information content (AvgIpc) is 3.30. The number of carbonyl (C=O) groups is 2. The summed E-state index contributed by atoms with van der Waals surface area (Å²) in [6.45, 7) is 8.13. The number of H-pyrrole nitrogens is 1. The highest BCUT2D eigenvalue weighted by molar-refractivity contribution is 6.18. The summed E-state index contributed by atoms with van der Waals surface area (Å²) < 4.78 is 1.12. The van der Waals surface area contributed by atoms with Crippen molar-refractivity contribution in [1.82, 2.24) is 14.8 Å². The largest absolute Gasteiger partial charge is 0.348 e. The first-order chi connectivity index (χ1) is 17.6. The second-order valence-corrected chi connectivity index (χ2v) is 10.1. The second-order valence-electron chi connectivity index (χ2n) is 9.86. The molecule has 0 atom stereocenters. The minimum atomic E-state index is -0.536. The van der Waals surface area contributed by atoms with Crippen molar-refractivity contribution in [2.24, 2.45) is 0 Å². The molecule has 1 heterocycles. The van der Waals surface area contributed by atoms with Crippen LogP contribution in [0.1, 0.15) is 71.3 Å². The summed E-state index contributed by atoms with van der Waals surface area (Å²) in [6.07, 6.45) is 0. The lowest BCUT2D eigenvalue weighted by atomic mass is 9.86. The van der Waals surface area contributed by atoms with Crippen molar-refractivity contribution >= 4 is 29.0 Å². The number of hydrogen-bond acceptors (Lipinski definition) is 4. The summed E-state index contributed by atoms with van der Waals surface area (Å²) in [6, 6.07) is 21.3. The van der Waals surface area contributed by atoms with Crippen molar-refractivity contribution in [3.8, 4) is 5.69 Å². The molecule has 2 N–H and O–H groups in total. The Labute approximate surface area is 220 Å². The number of halogens is 1. The molecule has 1 amide bonds. The van der Waals surface area contributed by atoms with Crippen molar-refractivity contribution in [2.45, 2.75) is 39.0 Å². The van der Waals surface area contributed by atoms with Gasteiger partial charge in [-0.05, 0) is 47.4 Å². The van der Waals surface area contributed by atoms with Crippen LogP contribution in [-0.2, 0) is 5.41 Å². The number of ketones is 1. The smallest absolute Gasteiger partial charge is 0.322 e. The highest BCUT2D eigenvalue weighted by Gasteiger charge is 2.21. The third-order valence-corrected chi connectivity index (χ3v) is 6.96. The molecule has 1 aromatic heterocycles. The Kier molecular flexibility index (Phi) is 7.45.